The SMILES string of the molecule is CN(CC(=O)Nc1ccc(Cl)cc1)C(=O)COc1ccc(Br)cc1. The third kappa shape index (κ3) is 5.86. The van der Waals surface area contributed by atoms with Gasteiger partial charge in [-0.05, 0) is 48.5 Å². The van der Waals surface area contributed by atoms with E-state index in [4.69, 9.17) is 16.3 Å². The maximum Gasteiger partial charge on any atom is 0.260 e. The van der Waals surface area contributed by atoms with Gasteiger partial charge >= 0.3 is 0 Å². The molecule has 7 heteroatoms. The lowest BCUT2D eigenvalue weighted by molar-refractivity contribution is -0.135. The van der Waals surface area contributed by atoms with Crippen LogP contribution in [0.5, 0.6) is 5.75 Å². The Bertz CT molecular complexity index is 705. The third-order valence-electron chi connectivity index (χ3n) is 3.11. The number of amides is 2. The molecule has 126 valence electrons. The number of nitrogens with zero attached hydrogens (tertiary/aromatic N) is 1. The number of hydrogen-bond acceptors (Lipinski definition) is 3. The fraction of sp³-hybridized carbons (Fsp3) is 0.176. The van der Waals surface area contributed by atoms with Gasteiger partial charge in [0.05, 0.1) is 6.54 Å². The Hall–Kier alpha value is -2.05. The van der Waals surface area contributed by atoms with E-state index in [-0.39, 0.29) is 25.0 Å². The molecule has 2 rings (SSSR count). The second-order valence-corrected chi connectivity index (χ2v) is 6.40. The second-order valence-electron chi connectivity index (χ2n) is 5.05. The van der Waals surface area contributed by atoms with E-state index < -0.39 is 0 Å². The molecular weight excluding hydrogens is 396 g/mol. The molecule has 2 aromatic rings. The van der Waals surface area contributed by atoms with Gasteiger partial charge in [0.2, 0.25) is 5.91 Å². The van der Waals surface area contributed by atoms with E-state index in [1.165, 1.54) is 4.90 Å². The van der Waals surface area contributed by atoms with Gasteiger partial charge in [-0.15, -0.1) is 0 Å². The summed E-state index contributed by atoms with van der Waals surface area (Å²) in [6.07, 6.45) is 0. The molecule has 2 aromatic carbocycles. The van der Waals surface area contributed by atoms with Crippen molar-refractivity contribution in [2.75, 3.05) is 25.5 Å². The van der Waals surface area contributed by atoms with Crippen LogP contribution in [0, 0.1) is 0 Å². The molecule has 0 aromatic heterocycles. The van der Waals surface area contributed by atoms with Crippen LogP contribution < -0.4 is 10.1 Å². The average Bonchev–Trinajstić information content (AvgIpc) is 2.56. The molecule has 0 atom stereocenters. The summed E-state index contributed by atoms with van der Waals surface area (Å²) >= 11 is 9.11. The Labute approximate surface area is 153 Å². The van der Waals surface area contributed by atoms with Crippen molar-refractivity contribution in [3.8, 4) is 5.75 Å². The highest BCUT2D eigenvalue weighted by Gasteiger charge is 2.13. The summed E-state index contributed by atoms with van der Waals surface area (Å²) < 4.78 is 6.33. The first-order chi connectivity index (χ1) is 11.4. The van der Waals surface area contributed by atoms with Crippen molar-refractivity contribution in [3.05, 3.63) is 58.0 Å². The van der Waals surface area contributed by atoms with Gasteiger partial charge in [0.15, 0.2) is 6.61 Å². The van der Waals surface area contributed by atoms with E-state index in [1.54, 1.807) is 43.4 Å². The smallest absolute Gasteiger partial charge is 0.260 e. The Kier molecular flexibility index (Phi) is 6.63. The van der Waals surface area contributed by atoms with Crippen molar-refractivity contribution in [2.24, 2.45) is 0 Å². The Morgan fingerprint density at radius 2 is 1.75 bits per heavy atom. The van der Waals surface area contributed by atoms with E-state index in [1.807, 2.05) is 12.1 Å². The topological polar surface area (TPSA) is 58.6 Å². The monoisotopic (exact) mass is 410 g/mol. The fourth-order valence-electron chi connectivity index (χ4n) is 1.82. The first kappa shape index (κ1) is 18.3. The molecule has 0 aliphatic carbocycles. The van der Waals surface area contributed by atoms with Crippen molar-refractivity contribution in [1.29, 1.82) is 0 Å². The minimum absolute atomic E-state index is 0.0643. The molecule has 0 radical (unpaired) electrons. The molecule has 0 aliphatic heterocycles. The average molecular weight is 412 g/mol. The van der Waals surface area contributed by atoms with Crippen LogP contribution in [0.25, 0.3) is 0 Å². The second kappa shape index (κ2) is 8.70. The summed E-state index contributed by atoms with van der Waals surface area (Å²) in [5.41, 5.74) is 0.622. The van der Waals surface area contributed by atoms with Crippen molar-refractivity contribution >= 4 is 45.0 Å². The molecule has 0 saturated carbocycles. The standard InChI is InChI=1S/C17H16BrClN2O3/c1-21(10-16(22)20-14-6-4-13(19)5-7-14)17(23)11-24-15-8-2-12(18)3-9-15/h2-9H,10-11H2,1H3,(H,20,22). The first-order valence-corrected chi connectivity index (χ1v) is 8.29. The lowest BCUT2D eigenvalue weighted by Crippen LogP contribution is -2.37. The molecule has 0 saturated heterocycles. The van der Waals surface area contributed by atoms with Gasteiger partial charge in [-0.25, -0.2) is 0 Å². The molecule has 0 unspecified atom stereocenters. The minimum Gasteiger partial charge on any atom is -0.484 e. The van der Waals surface area contributed by atoms with Crippen LogP contribution in [0.4, 0.5) is 5.69 Å². The number of carbonyl (C=O) groups is 2. The summed E-state index contributed by atoms with van der Waals surface area (Å²) in [7, 11) is 1.55. The van der Waals surface area contributed by atoms with Crippen molar-refractivity contribution < 1.29 is 14.3 Å². The summed E-state index contributed by atoms with van der Waals surface area (Å²) in [5, 5.41) is 3.29. The van der Waals surface area contributed by atoms with E-state index in [2.05, 4.69) is 21.2 Å². The number of rotatable bonds is 6. The van der Waals surface area contributed by atoms with E-state index >= 15 is 0 Å². The number of hydrogen-bond donors (Lipinski definition) is 1. The van der Waals surface area contributed by atoms with E-state index in [0.29, 0.717) is 16.5 Å². The van der Waals surface area contributed by atoms with Crippen LogP contribution in [0.1, 0.15) is 0 Å². The zero-order chi connectivity index (χ0) is 17.5. The molecule has 1 N–H and O–H groups in total. The number of carbonyl (C=O) groups excluding carboxylic acids is 2. The zero-order valence-electron chi connectivity index (χ0n) is 13.0. The molecular formula is C17H16BrClN2O3. The molecule has 0 fully saturated rings. The van der Waals surface area contributed by atoms with E-state index in [9.17, 15) is 9.59 Å². The largest absolute Gasteiger partial charge is 0.484 e. The fourth-order valence-corrected chi connectivity index (χ4v) is 2.21. The highest BCUT2D eigenvalue weighted by atomic mass is 79.9. The number of halogens is 2. The molecule has 2 amide bonds. The number of likely N-dealkylation sites (N-methyl/N-ethyl adjacent to an activating group) is 1. The van der Waals surface area contributed by atoms with Crippen LogP contribution >= 0.6 is 27.5 Å². The van der Waals surface area contributed by atoms with Gasteiger partial charge in [-0.2, -0.15) is 0 Å². The zero-order valence-corrected chi connectivity index (χ0v) is 15.3. The normalized spacial score (nSPS) is 10.1. The Morgan fingerprint density at radius 1 is 1.12 bits per heavy atom. The molecule has 0 heterocycles. The van der Waals surface area contributed by atoms with Crippen LogP contribution in [-0.2, 0) is 9.59 Å². The number of ether oxygens (including phenoxy) is 1. The summed E-state index contributed by atoms with van der Waals surface area (Å²) in [6.45, 7) is -0.197. The predicted molar refractivity (Wildman–Crippen MR) is 97.4 cm³/mol. The molecule has 0 spiro atoms. The van der Waals surface area contributed by atoms with Crippen LogP contribution in [0.15, 0.2) is 53.0 Å². The molecule has 0 aliphatic rings. The number of anilines is 1. The van der Waals surface area contributed by atoms with Crippen LogP contribution in [-0.4, -0.2) is 36.9 Å². The first-order valence-electron chi connectivity index (χ1n) is 7.12. The lowest BCUT2D eigenvalue weighted by Gasteiger charge is -2.17. The highest BCUT2D eigenvalue weighted by molar-refractivity contribution is 9.10. The molecule has 24 heavy (non-hydrogen) atoms. The predicted octanol–water partition coefficient (Wildman–Crippen LogP) is 3.58. The Balaban J connectivity index is 1.78. The van der Waals surface area contributed by atoms with Gasteiger partial charge < -0.3 is 15.0 Å². The quantitative estimate of drug-likeness (QED) is 0.790. The van der Waals surface area contributed by atoms with Gasteiger partial charge in [0.1, 0.15) is 5.75 Å². The lowest BCUT2D eigenvalue weighted by atomic mass is 10.3. The minimum atomic E-state index is -0.295. The summed E-state index contributed by atoms with van der Waals surface area (Å²) in [6, 6.07) is 13.9. The molecule has 5 nitrogen and oxygen atoms in total. The van der Waals surface area contributed by atoms with Crippen molar-refractivity contribution in [1.82, 2.24) is 4.90 Å². The van der Waals surface area contributed by atoms with Crippen LogP contribution in [0.2, 0.25) is 5.02 Å². The summed E-state index contributed by atoms with van der Waals surface area (Å²) in [4.78, 5) is 25.3. The van der Waals surface area contributed by atoms with Crippen molar-refractivity contribution in [2.45, 2.75) is 0 Å². The summed E-state index contributed by atoms with van der Waals surface area (Å²) in [5.74, 6) is 0.00607. The highest BCUT2D eigenvalue weighted by Crippen LogP contribution is 2.16. The number of benzene rings is 2. The maximum absolute atomic E-state index is 12.0. The molecule has 0 bridgehead atoms. The van der Waals surface area contributed by atoms with E-state index in [0.717, 1.165) is 4.47 Å². The van der Waals surface area contributed by atoms with Crippen molar-refractivity contribution in [3.63, 3.8) is 0 Å². The van der Waals surface area contributed by atoms with Gasteiger partial charge in [0, 0.05) is 22.2 Å². The maximum atomic E-state index is 12.0. The third-order valence-corrected chi connectivity index (χ3v) is 3.89. The number of nitrogens with one attached hydrogen (secondary N) is 1. The van der Waals surface area contributed by atoms with Gasteiger partial charge in [-0.3, -0.25) is 9.59 Å². The van der Waals surface area contributed by atoms with Gasteiger partial charge in [0.25, 0.3) is 5.91 Å². The Morgan fingerprint density at radius 3 is 2.38 bits per heavy atom. The van der Waals surface area contributed by atoms with Gasteiger partial charge in [-0.1, -0.05) is 27.5 Å². The van der Waals surface area contributed by atoms with Crippen LogP contribution in [0.3, 0.4) is 0 Å².